The molecule has 2 saturated heterocycles. The number of pyridine rings is 2. The van der Waals surface area contributed by atoms with Gasteiger partial charge in [-0.1, -0.05) is 5.21 Å². The second-order valence-corrected chi connectivity index (χ2v) is 9.05. The van der Waals surface area contributed by atoms with E-state index in [0.717, 1.165) is 30.8 Å². The standard InChI is InChI=1S/C24H27FN8O2/c1-15-14-34-10-8-32(15)20-11-16(19-13-27-30-31(19)2)22-17(25)12-26-23(24(22)29-20)18-6-7-28-33(18)21-5-3-4-9-35-21/h6-7,11-13,15,21H,3-5,8-10,14H2,1-2H3/t15-,21?/m1/s1. The first-order valence-corrected chi connectivity index (χ1v) is 12.0. The minimum absolute atomic E-state index is 0.123. The highest BCUT2D eigenvalue weighted by Gasteiger charge is 2.27. The smallest absolute Gasteiger partial charge is 0.151 e. The van der Waals surface area contributed by atoms with Crippen molar-refractivity contribution < 1.29 is 13.9 Å². The van der Waals surface area contributed by atoms with Crippen LogP contribution in [0.3, 0.4) is 0 Å². The molecule has 2 atom stereocenters. The van der Waals surface area contributed by atoms with Crippen molar-refractivity contribution in [2.45, 2.75) is 38.5 Å². The van der Waals surface area contributed by atoms with Gasteiger partial charge in [0.05, 0.1) is 43.0 Å². The van der Waals surface area contributed by atoms with Crippen molar-refractivity contribution in [3.63, 3.8) is 0 Å². The molecule has 4 aromatic heterocycles. The minimum Gasteiger partial charge on any atom is -0.377 e. The second-order valence-electron chi connectivity index (χ2n) is 9.05. The molecule has 2 aliphatic rings. The first-order valence-electron chi connectivity index (χ1n) is 12.0. The summed E-state index contributed by atoms with van der Waals surface area (Å²) in [5.41, 5.74) is 3.13. The normalized spacial score (nSPS) is 21.1. The van der Waals surface area contributed by atoms with Gasteiger partial charge < -0.3 is 14.4 Å². The highest BCUT2D eigenvalue weighted by molar-refractivity contribution is 6.01. The molecule has 0 aromatic carbocycles. The van der Waals surface area contributed by atoms with Gasteiger partial charge in [0.25, 0.3) is 0 Å². The number of aryl methyl sites for hydroxylation is 1. The van der Waals surface area contributed by atoms with Gasteiger partial charge in [0.1, 0.15) is 17.0 Å². The molecule has 2 fully saturated rings. The fraction of sp³-hybridized carbons (Fsp3) is 0.458. The number of ether oxygens (including phenoxy) is 2. The lowest BCUT2D eigenvalue weighted by molar-refractivity contribution is -0.0383. The highest BCUT2D eigenvalue weighted by atomic mass is 19.1. The third-order valence-corrected chi connectivity index (χ3v) is 6.77. The molecule has 1 unspecified atom stereocenters. The number of nitrogens with zero attached hydrogens (tertiary/aromatic N) is 8. The molecular formula is C24H27FN8O2. The zero-order valence-electron chi connectivity index (χ0n) is 19.8. The summed E-state index contributed by atoms with van der Waals surface area (Å²) in [5.74, 6) is 0.284. The van der Waals surface area contributed by atoms with Gasteiger partial charge in [0.15, 0.2) is 12.0 Å². The predicted molar refractivity (Wildman–Crippen MR) is 127 cm³/mol. The Bertz CT molecular complexity index is 1360. The molecule has 0 N–H and O–H groups in total. The summed E-state index contributed by atoms with van der Waals surface area (Å²) in [7, 11) is 1.79. The maximum atomic E-state index is 15.5. The van der Waals surface area contributed by atoms with Crippen LogP contribution in [0.25, 0.3) is 33.5 Å². The van der Waals surface area contributed by atoms with Crippen molar-refractivity contribution in [1.82, 2.24) is 34.7 Å². The quantitative estimate of drug-likeness (QED) is 0.441. The molecule has 182 valence electrons. The van der Waals surface area contributed by atoms with E-state index < -0.39 is 5.82 Å². The molecular weight excluding hydrogens is 451 g/mol. The maximum Gasteiger partial charge on any atom is 0.151 e. The van der Waals surface area contributed by atoms with Crippen LogP contribution in [0.4, 0.5) is 10.2 Å². The summed E-state index contributed by atoms with van der Waals surface area (Å²) in [4.78, 5) is 11.7. The van der Waals surface area contributed by atoms with E-state index in [4.69, 9.17) is 14.5 Å². The Morgan fingerprint density at radius 1 is 1.14 bits per heavy atom. The van der Waals surface area contributed by atoms with E-state index >= 15 is 4.39 Å². The van der Waals surface area contributed by atoms with E-state index in [-0.39, 0.29) is 12.3 Å². The minimum atomic E-state index is -0.450. The van der Waals surface area contributed by atoms with E-state index in [9.17, 15) is 0 Å². The van der Waals surface area contributed by atoms with Crippen LogP contribution in [0.5, 0.6) is 0 Å². The van der Waals surface area contributed by atoms with Crippen molar-refractivity contribution in [1.29, 1.82) is 0 Å². The SMILES string of the molecule is C[C@@H]1COCCN1c1cc(-c2cnnn2C)c2c(F)cnc(-c3ccnn3C3CCCCO3)c2n1. The van der Waals surface area contributed by atoms with Crippen LogP contribution in [-0.2, 0) is 16.5 Å². The molecule has 35 heavy (non-hydrogen) atoms. The van der Waals surface area contributed by atoms with Crippen molar-refractivity contribution >= 4 is 16.7 Å². The first kappa shape index (κ1) is 22.1. The van der Waals surface area contributed by atoms with E-state index in [0.29, 0.717) is 54.2 Å². The van der Waals surface area contributed by atoms with Crippen molar-refractivity contribution in [2.24, 2.45) is 7.05 Å². The molecule has 0 bridgehead atoms. The van der Waals surface area contributed by atoms with Gasteiger partial charge in [0, 0.05) is 37.3 Å². The number of fused-ring (bicyclic) bond motifs is 1. The van der Waals surface area contributed by atoms with E-state index in [2.05, 4.69) is 32.2 Å². The molecule has 0 spiro atoms. The van der Waals surface area contributed by atoms with Crippen LogP contribution < -0.4 is 4.90 Å². The Balaban J connectivity index is 1.60. The molecule has 2 aliphatic heterocycles. The second kappa shape index (κ2) is 8.97. The number of hydrogen-bond donors (Lipinski definition) is 0. The van der Waals surface area contributed by atoms with E-state index in [1.54, 1.807) is 24.1 Å². The summed E-state index contributed by atoms with van der Waals surface area (Å²) in [6.45, 7) is 4.68. The molecule has 0 amide bonds. The topological polar surface area (TPSA) is 96.0 Å². The first-order chi connectivity index (χ1) is 17.1. The zero-order valence-corrected chi connectivity index (χ0v) is 19.8. The van der Waals surface area contributed by atoms with Gasteiger partial charge in [0.2, 0.25) is 0 Å². The number of morpholine rings is 1. The highest BCUT2D eigenvalue weighted by Crippen LogP contribution is 2.38. The maximum absolute atomic E-state index is 15.5. The average Bonchev–Trinajstić information content (AvgIpc) is 3.54. The lowest BCUT2D eigenvalue weighted by atomic mass is 10.0. The molecule has 0 radical (unpaired) electrons. The molecule has 11 heteroatoms. The summed E-state index contributed by atoms with van der Waals surface area (Å²) < 4.78 is 30.6. The zero-order chi connectivity index (χ0) is 23.9. The average molecular weight is 479 g/mol. The lowest BCUT2D eigenvalue weighted by Gasteiger charge is -2.34. The number of hydrogen-bond acceptors (Lipinski definition) is 8. The Hall–Kier alpha value is -3.44. The number of rotatable bonds is 4. The van der Waals surface area contributed by atoms with E-state index in [1.165, 1.54) is 6.20 Å². The number of anilines is 1. The Kier molecular flexibility index (Phi) is 5.65. The molecule has 0 aliphatic carbocycles. The fourth-order valence-corrected chi connectivity index (χ4v) is 4.98. The lowest BCUT2D eigenvalue weighted by Crippen LogP contribution is -2.44. The third-order valence-electron chi connectivity index (χ3n) is 6.77. The summed E-state index contributed by atoms with van der Waals surface area (Å²) in [5, 5.41) is 13.0. The van der Waals surface area contributed by atoms with Crippen LogP contribution in [0, 0.1) is 5.82 Å². The van der Waals surface area contributed by atoms with Gasteiger partial charge >= 0.3 is 0 Å². The Morgan fingerprint density at radius 3 is 2.83 bits per heavy atom. The largest absolute Gasteiger partial charge is 0.377 e. The molecule has 10 nitrogen and oxygen atoms in total. The van der Waals surface area contributed by atoms with Crippen LogP contribution in [0.2, 0.25) is 0 Å². The van der Waals surface area contributed by atoms with Crippen molar-refractivity contribution in [2.75, 3.05) is 31.3 Å². The van der Waals surface area contributed by atoms with Crippen LogP contribution in [0.1, 0.15) is 32.4 Å². The monoisotopic (exact) mass is 478 g/mol. The van der Waals surface area contributed by atoms with Gasteiger partial charge in [-0.2, -0.15) is 5.10 Å². The third kappa shape index (κ3) is 3.84. The summed E-state index contributed by atoms with van der Waals surface area (Å²) in [6.07, 6.45) is 7.41. The van der Waals surface area contributed by atoms with Crippen LogP contribution >= 0.6 is 0 Å². The predicted octanol–water partition coefficient (Wildman–Crippen LogP) is 3.35. The van der Waals surface area contributed by atoms with Gasteiger partial charge in [-0.25, -0.2) is 23.7 Å². The summed E-state index contributed by atoms with van der Waals surface area (Å²) >= 11 is 0. The number of aromatic nitrogens is 7. The van der Waals surface area contributed by atoms with Crippen molar-refractivity contribution in [3.8, 4) is 22.6 Å². The van der Waals surface area contributed by atoms with E-state index in [1.807, 2.05) is 16.8 Å². The molecule has 6 heterocycles. The van der Waals surface area contributed by atoms with Gasteiger partial charge in [-0.15, -0.1) is 5.10 Å². The molecule has 0 saturated carbocycles. The van der Waals surface area contributed by atoms with Crippen LogP contribution in [0.15, 0.2) is 30.7 Å². The molecule has 4 aromatic rings. The van der Waals surface area contributed by atoms with Gasteiger partial charge in [-0.3, -0.25) is 0 Å². The van der Waals surface area contributed by atoms with Gasteiger partial charge in [-0.05, 0) is 38.3 Å². The fourth-order valence-electron chi connectivity index (χ4n) is 4.98. The Labute approximate surface area is 201 Å². The number of halogens is 1. The van der Waals surface area contributed by atoms with Crippen molar-refractivity contribution in [3.05, 3.63) is 36.5 Å². The Morgan fingerprint density at radius 2 is 2.06 bits per heavy atom. The van der Waals surface area contributed by atoms with Crippen LogP contribution in [-0.4, -0.2) is 67.1 Å². The summed E-state index contributed by atoms with van der Waals surface area (Å²) in [6, 6.07) is 3.92. The molecule has 6 rings (SSSR count).